The monoisotopic (exact) mass is 249 g/mol. The molecule has 2 rings (SSSR count). The molecule has 0 aliphatic rings. The van der Waals surface area contributed by atoms with Crippen molar-refractivity contribution >= 4 is 5.97 Å². The van der Waals surface area contributed by atoms with Crippen LogP contribution in [0.15, 0.2) is 23.0 Å². The molecule has 0 aliphatic heterocycles. The van der Waals surface area contributed by atoms with Gasteiger partial charge in [0.05, 0.1) is 18.2 Å². The number of aliphatic carboxylic acids is 1. The first-order valence-corrected chi connectivity index (χ1v) is 5.26. The van der Waals surface area contributed by atoms with E-state index >= 15 is 0 Å². The van der Waals surface area contributed by atoms with Crippen LogP contribution in [0.1, 0.15) is 6.92 Å². The predicted octanol–water partition coefficient (Wildman–Crippen LogP) is -0.251. The van der Waals surface area contributed by atoms with E-state index in [1.54, 1.807) is 19.1 Å². The van der Waals surface area contributed by atoms with Crippen molar-refractivity contribution in [1.29, 1.82) is 0 Å². The van der Waals surface area contributed by atoms with Gasteiger partial charge >= 0.3 is 5.97 Å². The molecule has 2 aromatic heterocycles. The summed E-state index contributed by atoms with van der Waals surface area (Å²) in [4.78, 5) is 24.6. The van der Waals surface area contributed by atoms with E-state index in [1.165, 1.54) is 10.7 Å². The first-order valence-electron chi connectivity index (χ1n) is 5.26. The Morgan fingerprint density at radius 2 is 2.33 bits per heavy atom. The number of carboxylic acids is 1. The summed E-state index contributed by atoms with van der Waals surface area (Å²) < 4.78 is 1.35. The van der Waals surface area contributed by atoms with Crippen LogP contribution in [-0.2, 0) is 11.3 Å². The van der Waals surface area contributed by atoms with Gasteiger partial charge in [-0.25, -0.2) is 4.68 Å². The predicted molar refractivity (Wildman–Crippen MR) is 60.7 cm³/mol. The summed E-state index contributed by atoms with van der Waals surface area (Å²) in [7, 11) is 0. The lowest BCUT2D eigenvalue weighted by molar-refractivity contribution is -0.141. The van der Waals surface area contributed by atoms with Crippen LogP contribution >= 0.6 is 0 Å². The van der Waals surface area contributed by atoms with Crippen LogP contribution in [0.2, 0.25) is 0 Å². The second-order valence-corrected chi connectivity index (χ2v) is 3.85. The van der Waals surface area contributed by atoms with E-state index in [9.17, 15) is 9.59 Å². The highest BCUT2D eigenvalue weighted by Crippen LogP contribution is 2.12. The lowest BCUT2D eigenvalue weighted by atomic mass is 10.2. The van der Waals surface area contributed by atoms with Crippen molar-refractivity contribution in [3.63, 3.8) is 0 Å². The molecular formula is C10H11N5O3. The van der Waals surface area contributed by atoms with Crippen LogP contribution in [0.4, 0.5) is 0 Å². The maximum atomic E-state index is 11.2. The van der Waals surface area contributed by atoms with E-state index in [0.717, 1.165) is 0 Å². The minimum atomic E-state index is -0.932. The summed E-state index contributed by atoms with van der Waals surface area (Å²) in [5.41, 5.74) is 0.179. The van der Waals surface area contributed by atoms with Gasteiger partial charge in [-0.15, -0.1) is 5.10 Å². The van der Waals surface area contributed by atoms with Gasteiger partial charge in [-0.05, 0) is 16.5 Å². The summed E-state index contributed by atoms with van der Waals surface area (Å²) >= 11 is 0. The SMILES string of the molecule is CC(Cn1nnnc1-c1cccc(=O)[nH]1)C(=O)O. The van der Waals surface area contributed by atoms with Gasteiger partial charge in [0, 0.05) is 6.07 Å². The average molecular weight is 249 g/mol. The van der Waals surface area contributed by atoms with Crippen molar-refractivity contribution < 1.29 is 9.90 Å². The number of aromatic nitrogens is 5. The van der Waals surface area contributed by atoms with Gasteiger partial charge < -0.3 is 10.1 Å². The molecule has 18 heavy (non-hydrogen) atoms. The number of aromatic amines is 1. The highest BCUT2D eigenvalue weighted by atomic mass is 16.4. The number of pyridine rings is 1. The lowest BCUT2D eigenvalue weighted by Gasteiger charge is -2.07. The first kappa shape index (κ1) is 12.0. The highest BCUT2D eigenvalue weighted by molar-refractivity contribution is 5.69. The lowest BCUT2D eigenvalue weighted by Crippen LogP contribution is -2.19. The van der Waals surface area contributed by atoms with E-state index < -0.39 is 11.9 Å². The van der Waals surface area contributed by atoms with E-state index in [2.05, 4.69) is 20.5 Å². The number of tetrazole rings is 1. The maximum absolute atomic E-state index is 11.2. The number of rotatable bonds is 4. The summed E-state index contributed by atoms with van der Waals surface area (Å²) in [5.74, 6) is -1.22. The second-order valence-electron chi connectivity index (χ2n) is 3.85. The fraction of sp³-hybridized carbons (Fsp3) is 0.300. The molecular weight excluding hydrogens is 238 g/mol. The van der Waals surface area contributed by atoms with Gasteiger partial charge in [0.1, 0.15) is 0 Å². The number of nitrogens with one attached hydrogen (secondary N) is 1. The number of carboxylic acid groups (broad SMARTS) is 1. The average Bonchev–Trinajstić information content (AvgIpc) is 2.77. The highest BCUT2D eigenvalue weighted by Gasteiger charge is 2.16. The molecule has 8 nitrogen and oxygen atoms in total. The van der Waals surface area contributed by atoms with Crippen LogP contribution in [0, 0.1) is 5.92 Å². The topological polar surface area (TPSA) is 114 Å². The van der Waals surface area contributed by atoms with E-state index in [1.807, 2.05) is 0 Å². The molecule has 2 aromatic rings. The molecule has 0 aliphatic carbocycles. The third-order valence-electron chi connectivity index (χ3n) is 2.41. The van der Waals surface area contributed by atoms with E-state index in [4.69, 9.17) is 5.11 Å². The standard InChI is InChI=1S/C10H11N5O3/c1-6(10(17)18)5-15-9(12-13-14-15)7-3-2-4-8(16)11-7/h2-4,6H,5H2,1H3,(H,11,16)(H,17,18). The van der Waals surface area contributed by atoms with Crippen molar-refractivity contribution in [2.75, 3.05) is 0 Å². The molecule has 0 radical (unpaired) electrons. The Hall–Kier alpha value is -2.51. The maximum Gasteiger partial charge on any atom is 0.308 e. The molecule has 0 fully saturated rings. The fourth-order valence-electron chi connectivity index (χ4n) is 1.44. The van der Waals surface area contributed by atoms with Gasteiger partial charge in [0.15, 0.2) is 5.82 Å². The van der Waals surface area contributed by atoms with Crippen LogP contribution < -0.4 is 5.56 Å². The quantitative estimate of drug-likeness (QED) is 0.772. The smallest absolute Gasteiger partial charge is 0.308 e. The molecule has 0 aromatic carbocycles. The van der Waals surface area contributed by atoms with Gasteiger partial charge in [0.2, 0.25) is 5.56 Å². The molecule has 8 heteroatoms. The van der Waals surface area contributed by atoms with Gasteiger partial charge in [-0.1, -0.05) is 13.0 Å². The zero-order valence-electron chi connectivity index (χ0n) is 9.57. The number of hydrogen-bond acceptors (Lipinski definition) is 5. The number of carbonyl (C=O) groups is 1. The molecule has 2 N–H and O–H groups in total. The molecule has 1 unspecified atom stereocenters. The normalized spacial score (nSPS) is 12.3. The summed E-state index contributed by atoms with van der Waals surface area (Å²) in [6.45, 7) is 1.69. The number of H-pyrrole nitrogens is 1. The van der Waals surface area contributed by atoms with E-state index in [0.29, 0.717) is 11.5 Å². The minimum Gasteiger partial charge on any atom is -0.481 e. The zero-order valence-corrected chi connectivity index (χ0v) is 9.57. The summed E-state index contributed by atoms with van der Waals surface area (Å²) in [5, 5.41) is 19.8. The Balaban J connectivity index is 2.33. The van der Waals surface area contributed by atoms with Crippen LogP contribution in [0.5, 0.6) is 0 Å². The van der Waals surface area contributed by atoms with Crippen molar-refractivity contribution in [2.45, 2.75) is 13.5 Å². The Morgan fingerprint density at radius 1 is 1.56 bits per heavy atom. The third-order valence-corrected chi connectivity index (χ3v) is 2.41. The Kier molecular flexibility index (Phi) is 3.18. The van der Waals surface area contributed by atoms with Crippen molar-refractivity contribution in [2.24, 2.45) is 5.92 Å². The van der Waals surface area contributed by atoms with E-state index in [-0.39, 0.29) is 12.1 Å². The van der Waals surface area contributed by atoms with Gasteiger partial charge in [-0.2, -0.15) is 0 Å². The van der Waals surface area contributed by atoms with Crippen LogP contribution in [0.3, 0.4) is 0 Å². The molecule has 1 atom stereocenters. The number of nitrogens with zero attached hydrogens (tertiary/aromatic N) is 4. The molecule has 0 spiro atoms. The third kappa shape index (κ3) is 2.42. The van der Waals surface area contributed by atoms with Crippen molar-refractivity contribution in [1.82, 2.24) is 25.2 Å². The Bertz CT molecular complexity index is 618. The van der Waals surface area contributed by atoms with Crippen LogP contribution in [0.25, 0.3) is 11.5 Å². The van der Waals surface area contributed by atoms with Gasteiger partial charge in [0.25, 0.3) is 0 Å². The Morgan fingerprint density at radius 3 is 3.00 bits per heavy atom. The molecule has 94 valence electrons. The molecule has 2 heterocycles. The van der Waals surface area contributed by atoms with Crippen molar-refractivity contribution in [3.8, 4) is 11.5 Å². The first-order chi connectivity index (χ1) is 8.58. The van der Waals surface area contributed by atoms with Gasteiger partial charge in [-0.3, -0.25) is 9.59 Å². The summed E-state index contributed by atoms with van der Waals surface area (Å²) in [6.07, 6.45) is 0. The van der Waals surface area contributed by atoms with Crippen molar-refractivity contribution in [3.05, 3.63) is 28.6 Å². The molecule has 0 saturated carbocycles. The largest absolute Gasteiger partial charge is 0.481 e. The fourth-order valence-corrected chi connectivity index (χ4v) is 1.44. The number of hydrogen-bond donors (Lipinski definition) is 2. The Labute approximate surface area is 101 Å². The minimum absolute atomic E-state index is 0.134. The molecule has 0 saturated heterocycles. The molecule has 0 amide bonds. The summed E-state index contributed by atoms with van der Waals surface area (Å²) in [6, 6.07) is 4.60. The second kappa shape index (κ2) is 4.78. The molecule has 0 bridgehead atoms. The van der Waals surface area contributed by atoms with Crippen LogP contribution in [-0.4, -0.2) is 36.3 Å². The zero-order chi connectivity index (χ0) is 13.1.